The van der Waals surface area contributed by atoms with Crippen molar-refractivity contribution in [1.29, 1.82) is 0 Å². The Morgan fingerprint density at radius 3 is 1.60 bits per heavy atom. The first-order chi connectivity index (χ1) is 51.9. The molecule has 23 heteroatoms. The van der Waals surface area contributed by atoms with Crippen molar-refractivity contribution in [3.63, 3.8) is 0 Å². The SMILES string of the molecule is CCOC(=O)/C=C/c1ccc(OC(CCC2=CCCCC2)C(=O)O)c(OC)c1.Cc1nc(-c2ccc(OC(CCC3=CCCCC3)C(=O)O)cc2)cs1.O=C(O)C(CCC1=CCCCC1)Oc1c(Cl)cc(Cl)cc1-c1ccno1.O=C(O)C(CCC1=CCCCC1)Oc1ccccc1-c1nc2ccccc2s1. The van der Waals surface area contributed by atoms with E-state index in [0.29, 0.717) is 78.1 Å². The van der Waals surface area contributed by atoms with Crippen molar-refractivity contribution in [1.82, 2.24) is 15.1 Å². The number of halogens is 2. The molecule has 566 valence electrons. The third kappa shape index (κ3) is 26.1. The number of allylic oxidation sites excluding steroid dienone is 8. The monoisotopic (exact) mass is 1530 g/mol. The topological polar surface area (TPSA) is 273 Å². The fraction of sp³-hybridized carbons (Fsp3) is 0.381. The van der Waals surface area contributed by atoms with E-state index in [0.717, 1.165) is 120 Å². The van der Waals surface area contributed by atoms with Crippen LogP contribution in [0.4, 0.5) is 0 Å². The Bertz CT molecular complexity index is 4370. The Hall–Kier alpha value is -9.54. The first-order valence-corrected chi connectivity index (χ1v) is 39.0. The van der Waals surface area contributed by atoms with Crippen LogP contribution in [0.5, 0.6) is 28.7 Å². The fourth-order valence-corrected chi connectivity index (χ4v) is 14.9. The number of rotatable bonds is 31. The van der Waals surface area contributed by atoms with Crippen molar-refractivity contribution in [3.05, 3.63) is 194 Å². The van der Waals surface area contributed by atoms with Gasteiger partial charge in [-0.05, 0) is 252 Å². The molecule has 0 saturated heterocycles. The number of aromatic nitrogens is 3. The Labute approximate surface area is 642 Å². The predicted octanol–water partition coefficient (Wildman–Crippen LogP) is 21.5. The highest BCUT2D eigenvalue weighted by molar-refractivity contribution is 7.21. The Balaban J connectivity index is 0.000000165. The van der Waals surface area contributed by atoms with E-state index in [2.05, 4.69) is 34.4 Å². The van der Waals surface area contributed by atoms with Crippen molar-refractivity contribution in [2.45, 2.75) is 192 Å². The Morgan fingerprint density at radius 1 is 0.570 bits per heavy atom. The second kappa shape index (κ2) is 42.7. The van der Waals surface area contributed by atoms with E-state index in [9.17, 15) is 44.4 Å². The van der Waals surface area contributed by atoms with Crippen LogP contribution in [0.3, 0.4) is 0 Å². The number of thiazole rings is 2. The average Bonchev–Trinajstić information content (AvgIpc) is 1.78. The highest BCUT2D eigenvalue weighted by Crippen LogP contribution is 2.42. The maximum absolute atomic E-state index is 11.8. The van der Waals surface area contributed by atoms with Crippen molar-refractivity contribution >= 4 is 92.0 Å². The number of carboxylic acid groups (broad SMARTS) is 4. The summed E-state index contributed by atoms with van der Waals surface area (Å²) in [5.74, 6) is -1.71. The minimum absolute atomic E-state index is 0.229. The standard InChI is InChI=1S/C23H23NO3S.C22H28O6.C20H23NO3S.C19H19Cl2NO4/c25-23(26)20(15-14-16-8-2-1-3-9-16)27-19-12-6-4-10-17(19)22-24-18-11-5-7-13-21(18)28-22;1-3-27-21(23)14-11-17-10-12-18(20(15-17)26-2)28-19(22(24)25)13-9-16-7-5-4-6-8-16;1-14-21-18(13-25-14)16-8-10-17(11-9-16)24-19(20(22)23)12-7-15-5-3-2-4-6-15;20-13-10-14(16-8-9-22-26-16)18(15(21)11-13)25-17(19(23)24)7-6-12-4-2-1-3-5-12/h4-8,10-13,20H,1-3,9,14-15H2,(H,25,26);7,10-12,14-15,19H,3-6,8-9,13H2,1-2H3,(H,24,25);5,8-11,13,19H,2-4,6-7,12H2,1H3,(H,22,23);4,8-11,17H,1-3,5-7H2,(H,23,24)/b;14-11+;;. The number of ether oxygens (including phenoxy) is 6. The van der Waals surface area contributed by atoms with Gasteiger partial charge in [-0.15, -0.1) is 22.7 Å². The number of benzene rings is 5. The van der Waals surface area contributed by atoms with Crippen LogP contribution in [0.15, 0.2) is 178 Å². The van der Waals surface area contributed by atoms with Crippen LogP contribution in [-0.2, 0) is 28.7 Å². The van der Waals surface area contributed by atoms with Crippen LogP contribution in [-0.4, -0.2) is 104 Å². The molecule has 0 radical (unpaired) electrons. The molecule has 5 aromatic carbocycles. The number of fused-ring (bicyclic) bond motifs is 1. The van der Waals surface area contributed by atoms with Crippen LogP contribution in [0.25, 0.3) is 49.4 Å². The number of hydrogen-bond donors (Lipinski definition) is 4. The molecule has 4 aliphatic rings. The molecule has 4 unspecified atom stereocenters. The van der Waals surface area contributed by atoms with Gasteiger partial charge >= 0.3 is 29.8 Å². The molecule has 0 bridgehead atoms. The lowest BCUT2D eigenvalue weighted by atomic mass is 9.95. The van der Waals surface area contributed by atoms with E-state index in [1.165, 1.54) is 92.7 Å². The molecule has 4 aliphatic carbocycles. The number of carbonyl (C=O) groups is 5. The number of carbonyl (C=O) groups excluding carboxylic acids is 1. The van der Waals surface area contributed by atoms with Crippen LogP contribution in [0, 0.1) is 6.92 Å². The van der Waals surface area contributed by atoms with Crippen molar-refractivity contribution in [2.24, 2.45) is 0 Å². The summed E-state index contributed by atoms with van der Waals surface area (Å²) < 4.78 is 39.7. The number of hydrogen-bond acceptors (Lipinski definition) is 17. The quantitative estimate of drug-likeness (QED) is 0.0179. The van der Waals surface area contributed by atoms with Gasteiger partial charge < -0.3 is 53.4 Å². The summed E-state index contributed by atoms with van der Waals surface area (Å²) in [6.45, 7) is 4.03. The zero-order chi connectivity index (χ0) is 75.9. The van der Waals surface area contributed by atoms with Gasteiger partial charge in [0.25, 0.3) is 0 Å². The van der Waals surface area contributed by atoms with Gasteiger partial charge in [0.1, 0.15) is 22.3 Å². The molecule has 0 spiro atoms. The molecule has 0 amide bonds. The molecule has 0 aliphatic heterocycles. The number of nitrogens with zero attached hydrogens (tertiary/aromatic N) is 3. The van der Waals surface area contributed by atoms with Gasteiger partial charge in [-0.3, -0.25) is 0 Å². The largest absolute Gasteiger partial charge is 0.493 e. The van der Waals surface area contributed by atoms with E-state index in [-0.39, 0.29) is 10.8 Å². The third-order valence-corrected chi connectivity index (χ3v) is 20.7. The summed E-state index contributed by atoms with van der Waals surface area (Å²) >= 11 is 15.5. The summed E-state index contributed by atoms with van der Waals surface area (Å²) in [7, 11) is 1.49. The molecule has 3 heterocycles. The lowest BCUT2D eigenvalue weighted by Gasteiger charge is -2.20. The van der Waals surface area contributed by atoms with E-state index in [4.69, 9.17) is 61.1 Å². The van der Waals surface area contributed by atoms with E-state index >= 15 is 0 Å². The maximum atomic E-state index is 11.8. The predicted molar refractivity (Wildman–Crippen MR) is 419 cm³/mol. The number of aliphatic carboxylic acids is 4. The lowest BCUT2D eigenvalue weighted by Crippen LogP contribution is -2.27. The summed E-state index contributed by atoms with van der Waals surface area (Å²) in [6, 6.07) is 32.9. The van der Waals surface area contributed by atoms with Gasteiger partial charge in [0.05, 0.1) is 57.0 Å². The Kier molecular flexibility index (Phi) is 32.5. The molecule has 4 N–H and O–H groups in total. The van der Waals surface area contributed by atoms with Crippen LogP contribution in [0.1, 0.15) is 172 Å². The third-order valence-electron chi connectivity index (χ3n) is 18.4. The Morgan fingerprint density at radius 2 is 1.10 bits per heavy atom. The smallest absolute Gasteiger partial charge is 0.344 e. The van der Waals surface area contributed by atoms with Crippen molar-refractivity contribution < 1.29 is 77.3 Å². The highest BCUT2D eigenvalue weighted by Gasteiger charge is 2.28. The molecule has 19 nitrogen and oxygen atoms in total. The van der Waals surface area contributed by atoms with E-state index in [1.807, 2.05) is 85.1 Å². The van der Waals surface area contributed by atoms with E-state index in [1.54, 1.807) is 66.0 Å². The van der Waals surface area contributed by atoms with Crippen molar-refractivity contribution in [2.75, 3.05) is 13.7 Å². The summed E-state index contributed by atoms with van der Waals surface area (Å²) in [5.41, 5.74) is 10.3. The molecule has 8 aromatic rings. The second-order valence-electron chi connectivity index (χ2n) is 26.3. The summed E-state index contributed by atoms with van der Waals surface area (Å²) in [6.07, 6.45) is 32.7. The molecule has 0 fully saturated rings. The zero-order valence-electron chi connectivity index (χ0n) is 60.6. The molecule has 4 atom stereocenters. The number of methoxy groups -OCH3 is 1. The van der Waals surface area contributed by atoms with Gasteiger partial charge in [0.2, 0.25) is 0 Å². The first-order valence-electron chi connectivity index (χ1n) is 36.6. The van der Waals surface area contributed by atoms with Crippen LogP contribution >= 0.6 is 45.9 Å². The highest BCUT2D eigenvalue weighted by atomic mass is 35.5. The van der Waals surface area contributed by atoms with Gasteiger partial charge in [-0.25, -0.2) is 33.9 Å². The minimum Gasteiger partial charge on any atom is -0.493 e. The van der Waals surface area contributed by atoms with Crippen LogP contribution in [0.2, 0.25) is 10.0 Å². The molecular weight excluding hydrogens is 1440 g/mol. The summed E-state index contributed by atoms with van der Waals surface area (Å²) in [4.78, 5) is 67.2. The van der Waals surface area contributed by atoms with E-state index < -0.39 is 54.3 Å². The average molecular weight is 1540 g/mol. The van der Waals surface area contributed by atoms with Crippen molar-refractivity contribution in [3.8, 4) is 61.9 Å². The first kappa shape index (κ1) is 81.5. The second-order valence-corrected chi connectivity index (χ2v) is 29.2. The number of esters is 1. The molecule has 0 saturated carbocycles. The lowest BCUT2D eigenvalue weighted by molar-refractivity contribution is -0.146. The van der Waals surface area contributed by atoms with Crippen LogP contribution < -0.4 is 23.7 Å². The fourth-order valence-electron chi connectivity index (χ4n) is 12.7. The van der Waals surface area contributed by atoms with Gasteiger partial charge in [0.15, 0.2) is 41.7 Å². The van der Waals surface area contributed by atoms with Gasteiger partial charge in [-0.2, -0.15) is 0 Å². The normalized spacial score (nSPS) is 15.3. The number of para-hydroxylation sites is 2. The van der Waals surface area contributed by atoms with Gasteiger partial charge in [0, 0.05) is 28.1 Å². The molecule has 3 aromatic heterocycles. The molecule has 107 heavy (non-hydrogen) atoms. The minimum atomic E-state index is -1.03. The molecule has 12 rings (SSSR count). The maximum Gasteiger partial charge on any atom is 0.344 e. The zero-order valence-corrected chi connectivity index (χ0v) is 63.7. The van der Waals surface area contributed by atoms with Gasteiger partial charge in [-0.1, -0.05) is 105 Å². The molecular formula is C84H93Cl2N3O16S2. The summed E-state index contributed by atoms with van der Waals surface area (Å²) in [5, 5.41) is 46.4. The number of carboxylic acids is 4. The number of aryl methyl sites for hydroxylation is 1.